The minimum Gasteiger partial charge on any atom is -0.379 e. The van der Waals surface area contributed by atoms with Gasteiger partial charge in [-0.15, -0.1) is 0 Å². The SMILES string of the molecule is CNCC1CCCN1CCN1CCOCC1. The monoisotopic (exact) mass is 227 g/mol. The largest absolute Gasteiger partial charge is 0.379 e. The molecule has 2 saturated heterocycles. The van der Waals surface area contributed by atoms with Crippen LogP contribution in [0.5, 0.6) is 0 Å². The van der Waals surface area contributed by atoms with Crippen LogP contribution in [-0.2, 0) is 4.74 Å². The Kier molecular flexibility index (Phi) is 5.03. The van der Waals surface area contributed by atoms with E-state index in [-0.39, 0.29) is 0 Å². The Labute approximate surface area is 98.9 Å². The summed E-state index contributed by atoms with van der Waals surface area (Å²) < 4.78 is 5.37. The maximum atomic E-state index is 5.37. The van der Waals surface area contributed by atoms with Crippen molar-refractivity contribution in [3.05, 3.63) is 0 Å². The lowest BCUT2D eigenvalue weighted by Gasteiger charge is -2.30. The van der Waals surface area contributed by atoms with Gasteiger partial charge in [0.1, 0.15) is 0 Å². The van der Waals surface area contributed by atoms with Gasteiger partial charge in [-0.2, -0.15) is 0 Å². The van der Waals surface area contributed by atoms with Gasteiger partial charge in [0.15, 0.2) is 0 Å². The molecular formula is C12H25N3O. The number of likely N-dealkylation sites (N-methyl/N-ethyl adjacent to an activating group) is 1. The summed E-state index contributed by atoms with van der Waals surface area (Å²) in [5.41, 5.74) is 0. The third-order valence-corrected chi connectivity index (χ3v) is 3.75. The molecule has 0 aromatic heterocycles. The maximum Gasteiger partial charge on any atom is 0.0594 e. The third kappa shape index (κ3) is 3.42. The molecule has 0 aliphatic carbocycles. The molecule has 16 heavy (non-hydrogen) atoms. The Bertz CT molecular complexity index is 195. The highest BCUT2D eigenvalue weighted by molar-refractivity contribution is 4.81. The van der Waals surface area contributed by atoms with Crippen LogP contribution in [0.3, 0.4) is 0 Å². The molecular weight excluding hydrogens is 202 g/mol. The molecule has 4 nitrogen and oxygen atoms in total. The van der Waals surface area contributed by atoms with Crippen molar-refractivity contribution < 1.29 is 4.74 Å². The van der Waals surface area contributed by atoms with Gasteiger partial charge < -0.3 is 10.1 Å². The number of rotatable bonds is 5. The molecule has 2 rings (SSSR count). The summed E-state index contributed by atoms with van der Waals surface area (Å²) in [6, 6.07) is 0.769. The predicted octanol–water partition coefficient (Wildman–Crippen LogP) is 0.00240. The molecule has 1 atom stereocenters. The third-order valence-electron chi connectivity index (χ3n) is 3.75. The van der Waals surface area contributed by atoms with Crippen LogP contribution in [0.1, 0.15) is 12.8 Å². The van der Waals surface area contributed by atoms with E-state index in [2.05, 4.69) is 22.2 Å². The highest BCUT2D eigenvalue weighted by Crippen LogP contribution is 2.16. The summed E-state index contributed by atoms with van der Waals surface area (Å²) in [5.74, 6) is 0. The van der Waals surface area contributed by atoms with Crippen molar-refractivity contribution >= 4 is 0 Å². The second kappa shape index (κ2) is 6.55. The number of likely N-dealkylation sites (tertiary alicyclic amines) is 1. The first-order chi connectivity index (χ1) is 7.90. The van der Waals surface area contributed by atoms with Crippen molar-refractivity contribution in [1.82, 2.24) is 15.1 Å². The summed E-state index contributed by atoms with van der Waals surface area (Å²) in [7, 11) is 2.05. The molecule has 0 saturated carbocycles. The average Bonchev–Trinajstić information content (AvgIpc) is 2.76. The van der Waals surface area contributed by atoms with E-state index in [0.29, 0.717) is 0 Å². The zero-order valence-corrected chi connectivity index (χ0v) is 10.5. The van der Waals surface area contributed by atoms with Gasteiger partial charge in [-0.25, -0.2) is 0 Å². The fraction of sp³-hybridized carbons (Fsp3) is 1.00. The number of hydrogen-bond acceptors (Lipinski definition) is 4. The molecule has 4 heteroatoms. The Hall–Kier alpha value is -0.160. The summed E-state index contributed by atoms with van der Waals surface area (Å²) in [6.45, 7) is 8.94. The van der Waals surface area contributed by atoms with Gasteiger partial charge in [-0.3, -0.25) is 9.80 Å². The van der Waals surface area contributed by atoms with Crippen LogP contribution in [0.2, 0.25) is 0 Å². The van der Waals surface area contributed by atoms with Gasteiger partial charge in [-0.05, 0) is 26.4 Å². The van der Waals surface area contributed by atoms with E-state index < -0.39 is 0 Å². The minimum atomic E-state index is 0.769. The minimum absolute atomic E-state index is 0.769. The Morgan fingerprint density at radius 1 is 1.19 bits per heavy atom. The molecule has 2 aliphatic rings. The van der Waals surface area contributed by atoms with Crippen LogP contribution < -0.4 is 5.32 Å². The normalized spacial score (nSPS) is 28.7. The zero-order valence-electron chi connectivity index (χ0n) is 10.5. The molecule has 0 amide bonds. The van der Waals surface area contributed by atoms with Crippen LogP contribution in [0.4, 0.5) is 0 Å². The van der Waals surface area contributed by atoms with Gasteiger partial charge in [0, 0.05) is 38.8 Å². The first kappa shape index (κ1) is 12.3. The van der Waals surface area contributed by atoms with Gasteiger partial charge >= 0.3 is 0 Å². The number of nitrogens with one attached hydrogen (secondary N) is 1. The second-order valence-corrected chi connectivity index (χ2v) is 4.84. The lowest BCUT2D eigenvalue weighted by molar-refractivity contribution is 0.0327. The molecule has 2 fully saturated rings. The number of ether oxygens (including phenoxy) is 1. The van der Waals surface area contributed by atoms with Crippen LogP contribution in [0.15, 0.2) is 0 Å². The highest BCUT2D eigenvalue weighted by Gasteiger charge is 2.23. The molecule has 1 N–H and O–H groups in total. The molecule has 1 unspecified atom stereocenters. The molecule has 2 heterocycles. The fourth-order valence-corrected chi connectivity index (χ4v) is 2.75. The van der Waals surface area contributed by atoms with Crippen LogP contribution in [0.25, 0.3) is 0 Å². The van der Waals surface area contributed by atoms with E-state index in [1.165, 1.54) is 32.5 Å². The number of morpholine rings is 1. The van der Waals surface area contributed by atoms with E-state index in [9.17, 15) is 0 Å². The summed E-state index contributed by atoms with van der Waals surface area (Å²) in [5, 5.41) is 3.30. The van der Waals surface area contributed by atoms with Crippen molar-refractivity contribution in [1.29, 1.82) is 0 Å². The van der Waals surface area contributed by atoms with Gasteiger partial charge in [-0.1, -0.05) is 0 Å². The zero-order chi connectivity index (χ0) is 11.2. The quantitative estimate of drug-likeness (QED) is 0.716. The number of hydrogen-bond donors (Lipinski definition) is 1. The molecule has 0 spiro atoms. The van der Waals surface area contributed by atoms with Gasteiger partial charge in [0.2, 0.25) is 0 Å². The first-order valence-electron chi connectivity index (χ1n) is 6.59. The molecule has 0 bridgehead atoms. The Morgan fingerprint density at radius 3 is 2.75 bits per heavy atom. The van der Waals surface area contributed by atoms with E-state index in [1.807, 2.05) is 0 Å². The number of nitrogens with zero attached hydrogens (tertiary/aromatic N) is 2. The lowest BCUT2D eigenvalue weighted by atomic mass is 10.2. The van der Waals surface area contributed by atoms with Crippen molar-refractivity contribution in [2.24, 2.45) is 0 Å². The fourth-order valence-electron chi connectivity index (χ4n) is 2.75. The summed E-state index contributed by atoms with van der Waals surface area (Å²) in [4.78, 5) is 5.17. The lowest BCUT2D eigenvalue weighted by Crippen LogP contribution is -2.44. The van der Waals surface area contributed by atoms with Crippen molar-refractivity contribution in [3.63, 3.8) is 0 Å². The Morgan fingerprint density at radius 2 is 2.00 bits per heavy atom. The standard InChI is InChI=1S/C12H25N3O/c1-13-11-12-3-2-4-15(12)6-5-14-7-9-16-10-8-14/h12-13H,2-11H2,1H3. The second-order valence-electron chi connectivity index (χ2n) is 4.84. The summed E-state index contributed by atoms with van der Waals surface area (Å²) >= 11 is 0. The first-order valence-corrected chi connectivity index (χ1v) is 6.59. The van der Waals surface area contributed by atoms with E-state index >= 15 is 0 Å². The van der Waals surface area contributed by atoms with Crippen LogP contribution in [-0.4, -0.2) is 75.4 Å². The van der Waals surface area contributed by atoms with E-state index in [1.54, 1.807) is 0 Å². The molecule has 2 aliphatic heterocycles. The van der Waals surface area contributed by atoms with Crippen molar-refractivity contribution in [2.75, 3.05) is 59.5 Å². The molecule has 0 aromatic rings. The molecule has 94 valence electrons. The van der Waals surface area contributed by atoms with Crippen molar-refractivity contribution in [3.8, 4) is 0 Å². The van der Waals surface area contributed by atoms with E-state index in [0.717, 1.165) is 38.9 Å². The van der Waals surface area contributed by atoms with Crippen LogP contribution >= 0.6 is 0 Å². The van der Waals surface area contributed by atoms with E-state index in [4.69, 9.17) is 4.74 Å². The highest BCUT2D eigenvalue weighted by atomic mass is 16.5. The van der Waals surface area contributed by atoms with Crippen molar-refractivity contribution in [2.45, 2.75) is 18.9 Å². The Balaban J connectivity index is 1.67. The van der Waals surface area contributed by atoms with Gasteiger partial charge in [0.25, 0.3) is 0 Å². The van der Waals surface area contributed by atoms with Crippen LogP contribution in [0, 0.1) is 0 Å². The molecule has 0 aromatic carbocycles. The smallest absolute Gasteiger partial charge is 0.0594 e. The average molecular weight is 227 g/mol. The maximum absolute atomic E-state index is 5.37. The van der Waals surface area contributed by atoms with Gasteiger partial charge in [0.05, 0.1) is 13.2 Å². The predicted molar refractivity (Wildman–Crippen MR) is 65.8 cm³/mol. The summed E-state index contributed by atoms with van der Waals surface area (Å²) in [6.07, 6.45) is 2.74. The topological polar surface area (TPSA) is 27.7 Å². The molecule has 0 radical (unpaired) electrons.